The van der Waals surface area contributed by atoms with Crippen molar-refractivity contribution < 1.29 is 19.2 Å². The van der Waals surface area contributed by atoms with E-state index < -0.39 is 5.97 Å². The molecule has 0 bridgehead atoms. The number of aliphatic carboxylic acids is 1. The lowest BCUT2D eigenvalue weighted by atomic mass is 9.94. The van der Waals surface area contributed by atoms with Gasteiger partial charge in [0.1, 0.15) is 5.82 Å². The van der Waals surface area contributed by atoms with E-state index in [1.54, 1.807) is 19.4 Å². The van der Waals surface area contributed by atoms with Gasteiger partial charge >= 0.3 is 5.97 Å². The van der Waals surface area contributed by atoms with Crippen LogP contribution in [-0.2, 0) is 16.1 Å². The first-order valence-corrected chi connectivity index (χ1v) is 10.5. The number of pyridine rings is 1. The Morgan fingerprint density at radius 2 is 1.91 bits per heavy atom. The lowest BCUT2D eigenvalue weighted by molar-refractivity contribution is -0.136. The molecule has 0 aliphatic heterocycles. The normalized spacial score (nSPS) is 10.8. The molecule has 2 aromatic heterocycles. The molecule has 0 saturated heterocycles. The summed E-state index contributed by atoms with van der Waals surface area (Å²) in [5.74, 6) is 0.548. The maximum Gasteiger partial charge on any atom is 0.305 e. The molecule has 0 saturated carbocycles. The van der Waals surface area contributed by atoms with E-state index >= 15 is 0 Å². The van der Waals surface area contributed by atoms with E-state index in [9.17, 15) is 4.79 Å². The van der Waals surface area contributed by atoms with E-state index in [1.165, 1.54) is 5.56 Å². The molecule has 4 aromatic rings. The molecule has 0 spiro atoms. The number of anilines is 1. The second kappa shape index (κ2) is 10.1. The summed E-state index contributed by atoms with van der Waals surface area (Å²) in [5.41, 5.74) is 5.98. The zero-order valence-corrected chi connectivity index (χ0v) is 18.4. The smallest absolute Gasteiger partial charge is 0.305 e. The number of carboxylic acid groups (broad SMARTS) is 1. The van der Waals surface area contributed by atoms with E-state index in [2.05, 4.69) is 45.6 Å². The average Bonchev–Trinajstić information content (AvgIpc) is 3.30. The molecule has 0 radical (unpaired) electrons. The minimum Gasteiger partial charge on any atom is -0.481 e. The van der Waals surface area contributed by atoms with Gasteiger partial charge in [-0.2, -0.15) is 4.98 Å². The highest BCUT2D eigenvalue weighted by Crippen LogP contribution is 2.31. The Morgan fingerprint density at radius 3 is 2.64 bits per heavy atom. The van der Waals surface area contributed by atoms with Crippen molar-refractivity contribution in [3.63, 3.8) is 0 Å². The van der Waals surface area contributed by atoms with Gasteiger partial charge < -0.3 is 19.7 Å². The van der Waals surface area contributed by atoms with Gasteiger partial charge in [-0.3, -0.25) is 4.79 Å². The van der Waals surface area contributed by atoms with Crippen molar-refractivity contribution in [3.05, 3.63) is 71.9 Å². The van der Waals surface area contributed by atoms with Crippen LogP contribution in [0.2, 0.25) is 0 Å². The van der Waals surface area contributed by atoms with Gasteiger partial charge in [-0.05, 0) is 53.4 Å². The van der Waals surface area contributed by atoms with Crippen molar-refractivity contribution in [2.75, 3.05) is 19.0 Å². The van der Waals surface area contributed by atoms with Crippen LogP contribution < -0.4 is 5.32 Å². The first kappa shape index (κ1) is 22.2. The van der Waals surface area contributed by atoms with Gasteiger partial charge in [0.2, 0.25) is 5.82 Å². The Bertz CT molecular complexity index is 1250. The van der Waals surface area contributed by atoms with Crippen molar-refractivity contribution in [2.45, 2.75) is 20.0 Å². The average molecular weight is 444 g/mol. The standard InChI is InChI=1S/C25H24N4O4/c1-16-5-3-4-6-20(16)21-9-7-17(13-19(21)15-32-2)25-28-24(29-33-25)18-8-10-22(27-14-18)26-12-11-23(30)31/h3-10,13-14H,11-12,15H2,1-2H3,(H,26,27)(H,30,31). The van der Waals surface area contributed by atoms with Crippen LogP contribution >= 0.6 is 0 Å². The predicted molar refractivity (Wildman–Crippen MR) is 125 cm³/mol. The molecule has 4 rings (SSSR count). The van der Waals surface area contributed by atoms with Crippen LogP contribution in [0.4, 0.5) is 5.82 Å². The molecule has 33 heavy (non-hydrogen) atoms. The molecule has 0 atom stereocenters. The number of ether oxygens (including phenoxy) is 1. The fraction of sp³-hybridized carbons (Fsp3) is 0.200. The Hall–Kier alpha value is -4.04. The molecule has 2 heterocycles. The molecule has 8 heteroatoms. The summed E-state index contributed by atoms with van der Waals surface area (Å²) >= 11 is 0. The molecular weight excluding hydrogens is 420 g/mol. The van der Waals surface area contributed by atoms with E-state index in [4.69, 9.17) is 14.4 Å². The number of nitrogens with one attached hydrogen (secondary N) is 1. The maximum absolute atomic E-state index is 10.6. The van der Waals surface area contributed by atoms with Gasteiger partial charge in [-0.1, -0.05) is 35.5 Å². The second-order valence-electron chi connectivity index (χ2n) is 7.55. The monoisotopic (exact) mass is 444 g/mol. The fourth-order valence-corrected chi connectivity index (χ4v) is 3.53. The number of aromatic nitrogens is 3. The highest BCUT2D eigenvalue weighted by Gasteiger charge is 2.15. The molecule has 8 nitrogen and oxygen atoms in total. The summed E-state index contributed by atoms with van der Waals surface area (Å²) in [4.78, 5) is 19.4. The predicted octanol–water partition coefficient (Wildman–Crippen LogP) is 4.81. The Kier molecular flexibility index (Phi) is 6.75. The third-order valence-electron chi connectivity index (χ3n) is 5.18. The van der Waals surface area contributed by atoms with Crippen molar-refractivity contribution in [1.29, 1.82) is 0 Å². The highest BCUT2D eigenvalue weighted by atomic mass is 16.5. The number of rotatable bonds is 9. The van der Waals surface area contributed by atoms with E-state index in [-0.39, 0.29) is 6.42 Å². The van der Waals surface area contributed by atoms with Crippen molar-refractivity contribution in [2.24, 2.45) is 0 Å². The minimum absolute atomic E-state index is 0.0192. The maximum atomic E-state index is 10.6. The molecule has 168 valence electrons. The van der Waals surface area contributed by atoms with Crippen LogP contribution in [0.3, 0.4) is 0 Å². The molecule has 0 aliphatic carbocycles. The second-order valence-corrected chi connectivity index (χ2v) is 7.55. The lowest BCUT2D eigenvalue weighted by Crippen LogP contribution is -2.08. The number of aryl methyl sites for hydroxylation is 1. The summed E-state index contributed by atoms with van der Waals surface area (Å²) in [6.07, 6.45) is 1.64. The third-order valence-corrected chi connectivity index (χ3v) is 5.18. The van der Waals surface area contributed by atoms with E-state index in [1.807, 2.05) is 30.3 Å². The summed E-state index contributed by atoms with van der Waals surface area (Å²) < 4.78 is 11.0. The first-order chi connectivity index (χ1) is 16.0. The van der Waals surface area contributed by atoms with Gasteiger partial charge in [-0.15, -0.1) is 0 Å². The number of carboxylic acids is 1. The van der Waals surface area contributed by atoms with Gasteiger partial charge in [0.25, 0.3) is 5.89 Å². The number of nitrogens with zero attached hydrogens (tertiary/aromatic N) is 3. The quantitative estimate of drug-likeness (QED) is 0.379. The molecule has 0 aliphatic rings. The summed E-state index contributed by atoms with van der Waals surface area (Å²) in [6, 6.07) is 17.8. The summed E-state index contributed by atoms with van der Waals surface area (Å²) in [5, 5.41) is 15.8. The Morgan fingerprint density at radius 1 is 1.09 bits per heavy atom. The van der Waals surface area contributed by atoms with Crippen molar-refractivity contribution in [1.82, 2.24) is 15.1 Å². The molecule has 2 aromatic carbocycles. The SMILES string of the molecule is COCc1cc(-c2nc(-c3ccc(NCCC(=O)O)nc3)no2)ccc1-c1ccccc1C. The molecule has 0 fully saturated rings. The zero-order chi connectivity index (χ0) is 23.2. The van der Waals surface area contributed by atoms with Crippen LogP contribution in [0.1, 0.15) is 17.5 Å². The third kappa shape index (κ3) is 5.24. The Balaban J connectivity index is 1.56. The van der Waals surface area contributed by atoms with Crippen molar-refractivity contribution >= 4 is 11.8 Å². The first-order valence-electron chi connectivity index (χ1n) is 10.5. The number of benzene rings is 2. The highest BCUT2D eigenvalue weighted by molar-refractivity contribution is 5.74. The molecular formula is C25H24N4O4. The van der Waals surface area contributed by atoms with Crippen LogP contribution in [0.5, 0.6) is 0 Å². The van der Waals surface area contributed by atoms with E-state index in [0.717, 1.165) is 22.3 Å². The Labute approximate surface area is 191 Å². The number of methoxy groups -OCH3 is 1. The van der Waals surface area contributed by atoms with Crippen molar-refractivity contribution in [3.8, 4) is 34.0 Å². The minimum atomic E-state index is -0.862. The van der Waals surface area contributed by atoms with Gasteiger partial charge in [0, 0.05) is 31.0 Å². The van der Waals surface area contributed by atoms with Crippen LogP contribution in [0.15, 0.2) is 65.3 Å². The van der Waals surface area contributed by atoms with Gasteiger partial charge in [0.05, 0.1) is 13.0 Å². The number of hydrogen-bond donors (Lipinski definition) is 2. The number of hydrogen-bond acceptors (Lipinski definition) is 7. The van der Waals surface area contributed by atoms with Crippen LogP contribution in [0, 0.1) is 6.92 Å². The summed E-state index contributed by atoms with van der Waals surface area (Å²) in [6.45, 7) is 2.85. The zero-order valence-electron chi connectivity index (χ0n) is 18.4. The lowest BCUT2D eigenvalue weighted by Gasteiger charge is -2.12. The van der Waals surface area contributed by atoms with E-state index in [0.29, 0.717) is 36.2 Å². The fourth-order valence-electron chi connectivity index (χ4n) is 3.53. The van der Waals surface area contributed by atoms with Gasteiger partial charge in [0.15, 0.2) is 0 Å². The largest absolute Gasteiger partial charge is 0.481 e. The molecule has 0 amide bonds. The molecule has 2 N–H and O–H groups in total. The number of carbonyl (C=O) groups is 1. The van der Waals surface area contributed by atoms with Gasteiger partial charge in [-0.25, -0.2) is 4.98 Å². The molecule has 0 unspecified atom stereocenters. The van der Waals surface area contributed by atoms with Crippen LogP contribution in [0.25, 0.3) is 34.0 Å². The summed E-state index contributed by atoms with van der Waals surface area (Å²) in [7, 11) is 1.67. The topological polar surface area (TPSA) is 110 Å². The van der Waals surface area contributed by atoms with Crippen LogP contribution in [-0.4, -0.2) is 39.9 Å².